The maximum atomic E-state index is 13.9. The summed E-state index contributed by atoms with van der Waals surface area (Å²) in [6.07, 6.45) is 2.64. The Hall–Kier alpha value is -2.60. The highest BCUT2D eigenvalue weighted by atomic mass is 35.5. The van der Waals surface area contributed by atoms with Crippen LogP contribution in [0.4, 0.5) is 11.5 Å². The number of anilines is 2. The molecule has 2 aromatic carbocycles. The summed E-state index contributed by atoms with van der Waals surface area (Å²) >= 11 is 0. The predicted octanol–water partition coefficient (Wildman–Crippen LogP) is 4.79. The minimum absolute atomic E-state index is 0. The summed E-state index contributed by atoms with van der Waals surface area (Å²) in [6, 6.07) is 24.8. The number of para-hydroxylation sites is 1. The van der Waals surface area contributed by atoms with Crippen LogP contribution in [0.5, 0.6) is 0 Å². The number of hydrogen-bond donors (Lipinski definition) is 0. The molecule has 1 fully saturated rings. The van der Waals surface area contributed by atoms with E-state index in [4.69, 9.17) is 0 Å². The number of rotatable bonds is 6. The van der Waals surface area contributed by atoms with Crippen LogP contribution in [0.1, 0.15) is 24.5 Å². The molecule has 180 valence electrons. The number of pyridine rings is 1. The zero-order valence-corrected chi connectivity index (χ0v) is 21.1. The van der Waals surface area contributed by atoms with Crippen LogP contribution in [0.15, 0.2) is 79.0 Å². The first-order chi connectivity index (χ1) is 15.7. The second-order valence-electron chi connectivity index (χ2n) is 8.60. The van der Waals surface area contributed by atoms with Crippen molar-refractivity contribution in [3.63, 3.8) is 0 Å². The van der Waals surface area contributed by atoms with Crippen LogP contribution in [-0.4, -0.2) is 55.1 Å². The number of carbonyl (C=O) groups excluding carboxylic acids is 1. The highest BCUT2D eigenvalue weighted by Gasteiger charge is 2.51. The van der Waals surface area contributed by atoms with Gasteiger partial charge >= 0.3 is 0 Å². The average molecular weight is 499 g/mol. The summed E-state index contributed by atoms with van der Waals surface area (Å²) in [5.41, 5.74) is 2.68. The monoisotopic (exact) mass is 498 g/mol. The molecule has 1 aromatic heterocycles. The Bertz CT molecular complexity index is 1070. The van der Waals surface area contributed by atoms with Crippen molar-refractivity contribution in [3.05, 3.63) is 90.1 Å². The van der Waals surface area contributed by atoms with E-state index in [9.17, 15) is 4.79 Å². The van der Waals surface area contributed by atoms with Gasteiger partial charge in [0.15, 0.2) is 0 Å². The topological polar surface area (TPSA) is 39.7 Å². The fourth-order valence-corrected chi connectivity index (χ4v) is 5.29. The van der Waals surface area contributed by atoms with E-state index in [1.165, 1.54) is 0 Å². The number of hydrogen-bond acceptors (Lipinski definition) is 4. The number of amides is 1. The van der Waals surface area contributed by atoms with E-state index in [0.717, 1.165) is 61.8 Å². The number of carbonyl (C=O) groups is 1. The predicted molar refractivity (Wildman–Crippen MR) is 144 cm³/mol. The molecule has 5 nitrogen and oxygen atoms in total. The molecule has 0 radical (unpaired) electrons. The second-order valence-corrected chi connectivity index (χ2v) is 8.60. The summed E-state index contributed by atoms with van der Waals surface area (Å²) in [5.74, 6) is 1.26. The van der Waals surface area contributed by atoms with Gasteiger partial charge in [-0.05, 0) is 49.2 Å². The molecule has 5 rings (SSSR count). The van der Waals surface area contributed by atoms with Gasteiger partial charge < -0.3 is 9.80 Å². The van der Waals surface area contributed by atoms with Crippen molar-refractivity contribution < 1.29 is 4.79 Å². The summed E-state index contributed by atoms with van der Waals surface area (Å²) in [7, 11) is 0. The Morgan fingerprint density at radius 3 is 2.21 bits per heavy atom. The smallest absolute Gasteiger partial charge is 0.242 e. The molecule has 3 heterocycles. The lowest BCUT2D eigenvalue weighted by Crippen LogP contribution is -2.49. The molecule has 3 aromatic rings. The second kappa shape index (κ2) is 11.2. The molecule has 34 heavy (non-hydrogen) atoms. The van der Waals surface area contributed by atoms with Crippen molar-refractivity contribution in [3.8, 4) is 0 Å². The lowest BCUT2D eigenvalue weighted by molar-refractivity contribution is -0.122. The van der Waals surface area contributed by atoms with E-state index >= 15 is 0 Å². The van der Waals surface area contributed by atoms with E-state index in [1.807, 2.05) is 47.5 Å². The van der Waals surface area contributed by atoms with Gasteiger partial charge in [-0.15, -0.1) is 24.8 Å². The number of fused-ring (bicyclic) bond motifs is 1. The van der Waals surface area contributed by atoms with Crippen molar-refractivity contribution in [1.29, 1.82) is 0 Å². The highest BCUT2D eigenvalue weighted by Crippen LogP contribution is 2.48. The fraction of sp³-hybridized carbons (Fsp3) is 0.333. The Kier molecular flexibility index (Phi) is 8.58. The van der Waals surface area contributed by atoms with Crippen LogP contribution in [0.2, 0.25) is 0 Å². The largest absolute Gasteiger partial charge is 0.354 e. The summed E-state index contributed by atoms with van der Waals surface area (Å²) in [5, 5.41) is 0. The highest BCUT2D eigenvalue weighted by molar-refractivity contribution is 6.10. The lowest BCUT2D eigenvalue weighted by atomic mass is 9.72. The van der Waals surface area contributed by atoms with Crippen LogP contribution >= 0.6 is 24.8 Å². The Balaban J connectivity index is 0.00000162. The maximum Gasteiger partial charge on any atom is 0.242 e. The molecule has 1 amide bonds. The third-order valence-electron chi connectivity index (χ3n) is 7.00. The van der Waals surface area contributed by atoms with Gasteiger partial charge in [-0.25, -0.2) is 4.98 Å². The number of piperazine rings is 1. The zero-order valence-electron chi connectivity index (χ0n) is 19.5. The standard InChI is InChI=1S/C27H30N4O.2ClH/c1-2-31-24-13-7-6-12-23(24)27(26(31)32,22-10-4-3-5-11-22)15-17-29-18-20-30(21-19-29)25-14-8-9-16-28-25;;/h3-14,16H,2,15,17-21H2,1H3;2*1H. The molecule has 0 saturated carbocycles. The van der Waals surface area contributed by atoms with Crippen molar-refractivity contribution >= 4 is 42.2 Å². The lowest BCUT2D eigenvalue weighted by Gasteiger charge is -2.37. The molecular weight excluding hydrogens is 467 g/mol. The molecule has 0 spiro atoms. The minimum Gasteiger partial charge on any atom is -0.354 e. The van der Waals surface area contributed by atoms with Crippen molar-refractivity contribution in [2.24, 2.45) is 0 Å². The third kappa shape index (κ3) is 4.52. The fourth-order valence-electron chi connectivity index (χ4n) is 5.29. The third-order valence-corrected chi connectivity index (χ3v) is 7.00. The van der Waals surface area contributed by atoms with Gasteiger partial charge in [-0.1, -0.05) is 54.6 Å². The van der Waals surface area contributed by atoms with E-state index < -0.39 is 5.41 Å². The molecule has 7 heteroatoms. The Labute approximate surface area is 214 Å². The van der Waals surface area contributed by atoms with E-state index in [-0.39, 0.29) is 30.7 Å². The number of aromatic nitrogens is 1. The molecule has 1 saturated heterocycles. The van der Waals surface area contributed by atoms with E-state index in [2.05, 4.69) is 58.1 Å². The first-order valence-corrected chi connectivity index (χ1v) is 11.6. The summed E-state index contributed by atoms with van der Waals surface area (Å²) in [6.45, 7) is 7.52. The number of nitrogens with zero attached hydrogens (tertiary/aromatic N) is 4. The van der Waals surface area contributed by atoms with Crippen LogP contribution in [0.3, 0.4) is 0 Å². The minimum atomic E-state index is -0.619. The van der Waals surface area contributed by atoms with Gasteiger partial charge in [-0.3, -0.25) is 9.69 Å². The summed E-state index contributed by atoms with van der Waals surface area (Å²) < 4.78 is 0. The molecular formula is C27H32Cl2N4O. The van der Waals surface area contributed by atoms with Gasteiger partial charge in [0.25, 0.3) is 0 Å². The van der Waals surface area contributed by atoms with Gasteiger partial charge in [0, 0.05) is 44.6 Å². The quantitative estimate of drug-likeness (QED) is 0.489. The van der Waals surface area contributed by atoms with Gasteiger partial charge in [0.2, 0.25) is 5.91 Å². The van der Waals surface area contributed by atoms with Crippen LogP contribution < -0.4 is 9.80 Å². The summed E-state index contributed by atoms with van der Waals surface area (Å²) in [4.78, 5) is 25.2. The molecule has 0 bridgehead atoms. The van der Waals surface area contributed by atoms with Crippen molar-refractivity contribution in [2.45, 2.75) is 18.8 Å². The van der Waals surface area contributed by atoms with Gasteiger partial charge in [0.1, 0.15) is 11.2 Å². The molecule has 0 N–H and O–H groups in total. The van der Waals surface area contributed by atoms with Crippen molar-refractivity contribution in [1.82, 2.24) is 9.88 Å². The zero-order chi connectivity index (χ0) is 22.0. The Morgan fingerprint density at radius 2 is 1.53 bits per heavy atom. The van der Waals surface area contributed by atoms with Crippen molar-refractivity contribution in [2.75, 3.05) is 49.1 Å². The van der Waals surface area contributed by atoms with E-state index in [1.54, 1.807) is 0 Å². The Morgan fingerprint density at radius 1 is 0.853 bits per heavy atom. The number of benzene rings is 2. The first-order valence-electron chi connectivity index (χ1n) is 11.6. The SMILES string of the molecule is CCN1C(=O)C(CCN2CCN(c3ccccn3)CC2)(c2ccccc2)c2ccccc21.Cl.Cl. The van der Waals surface area contributed by atoms with Crippen LogP contribution in [0.25, 0.3) is 0 Å². The molecule has 2 aliphatic rings. The maximum absolute atomic E-state index is 13.9. The van der Waals surface area contributed by atoms with Crippen LogP contribution in [-0.2, 0) is 10.2 Å². The van der Waals surface area contributed by atoms with E-state index in [0.29, 0.717) is 6.54 Å². The van der Waals surface area contributed by atoms with Gasteiger partial charge in [-0.2, -0.15) is 0 Å². The molecule has 1 atom stereocenters. The molecule has 1 unspecified atom stereocenters. The first kappa shape index (κ1) is 26.0. The number of likely N-dealkylation sites (N-methyl/N-ethyl adjacent to an activating group) is 1. The number of halogens is 2. The normalized spacial score (nSPS) is 19.9. The average Bonchev–Trinajstić information content (AvgIpc) is 3.12. The molecule has 2 aliphatic heterocycles. The molecule has 0 aliphatic carbocycles. The van der Waals surface area contributed by atoms with Gasteiger partial charge in [0.05, 0.1) is 0 Å². The van der Waals surface area contributed by atoms with Crippen LogP contribution in [0, 0.1) is 0 Å².